The van der Waals surface area contributed by atoms with Gasteiger partial charge in [0.25, 0.3) is 0 Å². The van der Waals surface area contributed by atoms with E-state index in [-0.39, 0.29) is 0 Å². The first-order valence-corrected chi connectivity index (χ1v) is 18.3. The molecule has 0 N–H and O–H groups in total. The third-order valence-electron chi connectivity index (χ3n) is 8.68. The SMILES string of the molecule is CCCCC(C)C(C)CC(C)C.CCCCC(C)CCC(C)C.CCCCC(C)CCCCC(C)CC(C)C. The molecule has 0 saturated carbocycles. The van der Waals surface area contributed by atoms with Crippen LogP contribution in [0.5, 0.6) is 0 Å². The van der Waals surface area contributed by atoms with Gasteiger partial charge in [-0.05, 0) is 60.2 Å². The highest BCUT2D eigenvalue weighted by atomic mass is 14.2. The lowest BCUT2D eigenvalue weighted by Crippen LogP contribution is -2.10. The molecular weight excluding hydrogens is 468 g/mol. The van der Waals surface area contributed by atoms with Crippen molar-refractivity contribution >= 4 is 0 Å². The minimum atomic E-state index is 0.865. The summed E-state index contributed by atoms with van der Waals surface area (Å²) in [5, 5.41) is 0. The van der Waals surface area contributed by atoms with Gasteiger partial charge in [-0.25, -0.2) is 0 Å². The summed E-state index contributed by atoms with van der Waals surface area (Å²) in [6.07, 6.45) is 24.0. The van der Waals surface area contributed by atoms with Crippen molar-refractivity contribution in [1.82, 2.24) is 0 Å². The van der Waals surface area contributed by atoms with Crippen molar-refractivity contribution < 1.29 is 0 Å². The summed E-state index contributed by atoms with van der Waals surface area (Å²) in [4.78, 5) is 0. The maximum atomic E-state index is 2.42. The maximum absolute atomic E-state index is 2.42. The molecule has 0 aliphatic heterocycles. The van der Waals surface area contributed by atoms with Crippen LogP contribution in [0.2, 0.25) is 0 Å². The van der Waals surface area contributed by atoms with Crippen molar-refractivity contribution in [3.8, 4) is 0 Å². The van der Waals surface area contributed by atoms with Gasteiger partial charge in [-0.15, -0.1) is 0 Å². The Balaban J connectivity index is -0.000000510. The topological polar surface area (TPSA) is 0 Å². The summed E-state index contributed by atoms with van der Waals surface area (Å²) >= 11 is 0. The maximum Gasteiger partial charge on any atom is -0.0415 e. The molecular formula is C39H84. The highest BCUT2D eigenvalue weighted by Crippen LogP contribution is 2.24. The van der Waals surface area contributed by atoms with Crippen LogP contribution in [0.4, 0.5) is 0 Å². The summed E-state index contributed by atoms with van der Waals surface area (Å²) < 4.78 is 0. The monoisotopic (exact) mass is 553 g/mol. The summed E-state index contributed by atoms with van der Waals surface area (Å²) in [6, 6.07) is 0. The minimum absolute atomic E-state index is 0.865. The van der Waals surface area contributed by atoms with Crippen LogP contribution in [-0.4, -0.2) is 0 Å². The van der Waals surface area contributed by atoms with Crippen LogP contribution in [0, 0.1) is 47.3 Å². The van der Waals surface area contributed by atoms with Crippen LogP contribution in [0.3, 0.4) is 0 Å². The first kappa shape index (κ1) is 43.5. The Labute approximate surface area is 253 Å². The van der Waals surface area contributed by atoms with Crippen LogP contribution < -0.4 is 0 Å². The molecule has 0 radical (unpaired) electrons. The average Bonchev–Trinajstić information content (AvgIpc) is 2.85. The second-order valence-electron chi connectivity index (χ2n) is 15.2. The number of rotatable bonds is 22. The fourth-order valence-corrected chi connectivity index (χ4v) is 5.71. The quantitative estimate of drug-likeness (QED) is 0.117. The smallest absolute Gasteiger partial charge is 0.0415 e. The Kier molecular flexibility index (Phi) is 34.5. The summed E-state index contributed by atoms with van der Waals surface area (Å²) in [6.45, 7) is 32.8. The van der Waals surface area contributed by atoms with Crippen molar-refractivity contribution in [1.29, 1.82) is 0 Å². The fraction of sp³-hybridized carbons (Fsp3) is 1.00. The van der Waals surface area contributed by atoms with Crippen LogP contribution in [0.25, 0.3) is 0 Å². The molecule has 0 fully saturated rings. The molecule has 39 heavy (non-hydrogen) atoms. The number of hydrogen-bond acceptors (Lipinski definition) is 0. The molecule has 0 bridgehead atoms. The summed E-state index contributed by atoms with van der Waals surface area (Å²) in [7, 11) is 0. The Bertz CT molecular complexity index is 433. The van der Waals surface area contributed by atoms with E-state index in [0.29, 0.717) is 0 Å². The van der Waals surface area contributed by atoms with E-state index in [4.69, 9.17) is 0 Å². The third kappa shape index (κ3) is 38.0. The van der Waals surface area contributed by atoms with Crippen LogP contribution in [-0.2, 0) is 0 Å². The van der Waals surface area contributed by atoms with Gasteiger partial charge in [0.15, 0.2) is 0 Å². The lowest BCUT2D eigenvalue weighted by Gasteiger charge is -2.21. The van der Waals surface area contributed by atoms with Crippen molar-refractivity contribution in [3.05, 3.63) is 0 Å². The fourth-order valence-electron chi connectivity index (χ4n) is 5.71. The summed E-state index contributed by atoms with van der Waals surface area (Å²) in [5.74, 6) is 7.31. The molecule has 0 aromatic rings. The predicted molar refractivity (Wildman–Crippen MR) is 186 cm³/mol. The molecule has 0 aliphatic rings. The molecule has 0 nitrogen and oxygen atoms in total. The third-order valence-corrected chi connectivity index (χ3v) is 8.68. The van der Waals surface area contributed by atoms with Crippen molar-refractivity contribution in [2.24, 2.45) is 47.3 Å². The normalized spacial score (nSPS) is 15.3. The average molecular weight is 553 g/mol. The molecule has 0 amide bonds. The predicted octanol–water partition coefficient (Wildman–Crippen LogP) is 14.8. The lowest BCUT2D eigenvalue weighted by molar-refractivity contribution is 0.303. The van der Waals surface area contributed by atoms with Crippen LogP contribution in [0.1, 0.15) is 206 Å². The van der Waals surface area contributed by atoms with Crippen molar-refractivity contribution in [2.75, 3.05) is 0 Å². The van der Waals surface area contributed by atoms with Gasteiger partial charge in [0, 0.05) is 0 Å². The van der Waals surface area contributed by atoms with Gasteiger partial charge >= 0.3 is 0 Å². The second kappa shape index (κ2) is 30.9. The van der Waals surface area contributed by atoms with Gasteiger partial charge in [-0.2, -0.15) is 0 Å². The molecule has 0 aromatic heterocycles. The van der Waals surface area contributed by atoms with Crippen LogP contribution >= 0.6 is 0 Å². The van der Waals surface area contributed by atoms with E-state index < -0.39 is 0 Å². The first-order chi connectivity index (χ1) is 18.3. The number of hydrogen-bond donors (Lipinski definition) is 0. The minimum Gasteiger partial charge on any atom is -0.0654 e. The zero-order valence-corrected chi connectivity index (χ0v) is 30.6. The lowest BCUT2D eigenvalue weighted by atomic mass is 9.85. The molecule has 240 valence electrons. The zero-order valence-electron chi connectivity index (χ0n) is 30.6. The molecule has 0 aliphatic carbocycles. The van der Waals surface area contributed by atoms with Crippen molar-refractivity contribution in [3.63, 3.8) is 0 Å². The van der Waals surface area contributed by atoms with E-state index in [1.165, 1.54) is 109 Å². The molecule has 0 heteroatoms. The van der Waals surface area contributed by atoms with Gasteiger partial charge < -0.3 is 0 Å². The molecule has 0 spiro atoms. The van der Waals surface area contributed by atoms with E-state index in [9.17, 15) is 0 Å². The number of unbranched alkanes of at least 4 members (excludes halogenated alkanes) is 4. The van der Waals surface area contributed by atoms with E-state index in [1.807, 2.05) is 0 Å². The van der Waals surface area contributed by atoms with Gasteiger partial charge in [-0.3, -0.25) is 0 Å². The molecule has 0 heterocycles. The van der Waals surface area contributed by atoms with Crippen LogP contribution in [0.15, 0.2) is 0 Å². The molecule has 5 unspecified atom stereocenters. The van der Waals surface area contributed by atoms with E-state index in [2.05, 4.69) is 96.9 Å². The van der Waals surface area contributed by atoms with E-state index >= 15 is 0 Å². The Morgan fingerprint density at radius 3 is 1.10 bits per heavy atom. The van der Waals surface area contributed by atoms with Crippen molar-refractivity contribution in [2.45, 2.75) is 206 Å². The van der Waals surface area contributed by atoms with Gasteiger partial charge in [0.05, 0.1) is 0 Å². The Morgan fingerprint density at radius 1 is 0.308 bits per heavy atom. The Morgan fingerprint density at radius 2 is 0.692 bits per heavy atom. The largest absolute Gasteiger partial charge is 0.0654 e. The van der Waals surface area contributed by atoms with E-state index in [1.54, 1.807) is 0 Å². The molecule has 0 rings (SSSR count). The standard InChI is InChI=1S/C16H34.C12H26.C11H24/c1-6-7-10-15(4)11-8-9-12-16(5)13-14(2)3;1-6-7-8-11(4)12(5)9-10(2)3;1-5-6-7-11(4)9-8-10(2)3/h14-16H,6-13H2,1-5H3;10-12H,6-9H2,1-5H3;10-11H,5-9H2,1-4H3. The second-order valence-corrected chi connectivity index (χ2v) is 15.2. The molecule has 5 atom stereocenters. The highest BCUT2D eigenvalue weighted by Gasteiger charge is 2.12. The van der Waals surface area contributed by atoms with Gasteiger partial charge in [-0.1, -0.05) is 193 Å². The van der Waals surface area contributed by atoms with Gasteiger partial charge in [0.1, 0.15) is 0 Å². The highest BCUT2D eigenvalue weighted by molar-refractivity contribution is 4.64. The van der Waals surface area contributed by atoms with E-state index in [0.717, 1.165) is 47.3 Å². The molecule has 0 aromatic carbocycles. The zero-order chi connectivity index (χ0) is 30.6. The first-order valence-electron chi connectivity index (χ1n) is 18.3. The summed E-state index contributed by atoms with van der Waals surface area (Å²) in [5.41, 5.74) is 0. The Hall–Kier alpha value is 0. The molecule has 0 saturated heterocycles. The van der Waals surface area contributed by atoms with Gasteiger partial charge in [0.2, 0.25) is 0 Å².